The Hall–Kier alpha value is -1.31. The lowest BCUT2D eigenvalue weighted by Gasteiger charge is -2.35. The minimum Gasteiger partial charge on any atom is -0.279 e. The molecule has 0 radical (unpaired) electrons. The molecule has 102 valence electrons. The number of rotatable bonds is 1. The van der Waals surface area contributed by atoms with Gasteiger partial charge in [-0.2, -0.15) is 0 Å². The molecular formula is C18H18ClN. The topological polar surface area (TPSA) is 3.24 Å². The zero-order valence-corrected chi connectivity index (χ0v) is 12.8. The SMILES string of the molecule is CCC12c3ccccc3C(C)(c3c(Cl)cccc31)N2C. The van der Waals surface area contributed by atoms with Crippen molar-refractivity contribution >= 4 is 11.6 Å². The van der Waals surface area contributed by atoms with Crippen molar-refractivity contribution < 1.29 is 0 Å². The van der Waals surface area contributed by atoms with Gasteiger partial charge in [-0.25, -0.2) is 0 Å². The van der Waals surface area contributed by atoms with Gasteiger partial charge in [-0.05, 0) is 43.1 Å². The van der Waals surface area contributed by atoms with E-state index in [0.29, 0.717) is 0 Å². The van der Waals surface area contributed by atoms with Crippen LogP contribution in [0.1, 0.15) is 42.5 Å². The van der Waals surface area contributed by atoms with Crippen LogP contribution in [0.2, 0.25) is 5.02 Å². The first-order valence-electron chi connectivity index (χ1n) is 7.22. The van der Waals surface area contributed by atoms with E-state index in [1.54, 1.807) is 0 Å². The highest BCUT2D eigenvalue weighted by atomic mass is 35.5. The van der Waals surface area contributed by atoms with Crippen molar-refractivity contribution in [1.82, 2.24) is 4.90 Å². The Morgan fingerprint density at radius 3 is 2.35 bits per heavy atom. The Labute approximate surface area is 125 Å². The van der Waals surface area contributed by atoms with Crippen molar-refractivity contribution in [3.05, 3.63) is 69.7 Å². The summed E-state index contributed by atoms with van der Waals surface area (Å²) in [7, 11) is 2.24. The van der Waals surface area contributed by atoms with Gasteiger partial charge in [0, 0.05) is 10.6 Å². The number of halogens is 1. The third-order valence-corrected chi connectivity index (χ3v) is 5.91. The molecule has 0 saturated carbocycles. The molecule has 2 unspecified atom stereocenters. The number of benzene rings is 2. The molecule has 1 nitrogen and oxygen atoms in total. The summed E-state index contributed by atoms with van der Waals surface area (Å²) >= 11 is 6.58. The summed E-state index contributed by atoms with van der Waals surface area (Å²) in [6, 6.07) is 15.2. The van der Waals surface area contributed by atoms with Crippen molar-refractivity contribution in [1.29, 1.82) is 0 Å². The molecule has 2 aromatic carbocycles. The molecule has 0 spiro atoms. The second-order valence-corrected chi connectivity index (χ2v) is 6.46. The van der Waals surface area contributed by atoms with Gasteiger partial charge in [-0.3, -0.25) is 4.90 Å². The molecular weight excluding hydrogens is 266 g/mol. The summed E-state index contributed by atoms with van der Waals surface area (Å²) in [5.74, 6) is 0. The van der Waals surface area contributed by atoms with Crippen molar-refractivity contribution in [2.45, 2.75) is 31.3 Å². The van der Waals surface area contributed by atoms with Crippen LogP contribution in [0.15, 0.2) is 42.5 Å². The second-order valence-electron chi connectivity index (χ2n) is 6.05. The molecule has 0 aromatic heterocycles. The van der Waals surface area contributed by atoms with E-state index in [-0.39, 0.29) is 11.1 Å². The fraction of sp³-hybridized carbons (Fsp3) is 0.333. The Kier molecular flexibility index (Phi) is 2.28. The summed E-state index contributed by atoms with van der Waals surface area (Å²) in [5, 5.41) is 0.890. The van der Waals surface area contributed by atoms with Gasteiger partial charge in [0.2, 0.25) is 0 Å². The van der Waals surface area contributed by atoms with Crippen molar-refractivity contribution in [3.63, 3.8) is 0 Å². The third-order valence-electron chi connectivity index (χ3n) is 5.60. The van der Waals surface area contributed by atoms with Crippen LogP contribution in [0, 0.1) is 0 Å². The molecule has 2 aliphatic rings. The molecule has 2 bridgehead atoms. The number of hydrogen-bond acceptors (Lipinski definition) is 1. The van der Waals surface area contributed by atoms with Crippen LogP contribution in [0.4, 0.5) is 0 Å². The molecule has 0 N–H and O–H groups in total. The van der Waals surface area contributed by atoms with E-state index in [1.165, 1.54) is 22.3 Å². The largest absolute Gasteiger partial charge is 0.279 e. The Morgan fingerprint density at radius 1 is 1.00 bits per heavy atom. The maximum atomic E-state index is 6.58. The lowest BCUT2D eigenvalue weighted by atomic mass is 9.72. The van der Waals surface area contributed by atoms with Crippen LogP contribution in [0.5, 0.6) is 0 Å². The normalized spacial score (nSPS) is 30.4. The minimum absolute atomic E-state index is 0.0222. The number of hydrogen-bond donors (Lipinski definition) is 0. The molecule has 2 heterocycles. The van der Waals surface area contributed by atoms with Gasteiger partial charge in [0.05, 0.1) is 11.1 Å². The fourth-order valence-corrected chi connectivity index (χ4v) is 4.98. The monoisotopic (exact) mass is 283 g/mol. The van der Waals surface area contributed by atoms with Crippen LogP contribution in [0.3, 0.4) is 0 Å². The molecule has 0 amide bonds. The summed E-state index contributed by atoms with van der Waals surface area (Å²) in [6.45, 7) is 4.58. The lowest BCUT2D eigenvalue weighted by Crippen LogP contribution is -2.40. The second kappa shape index (κ2) is 3.66. The zero-order valence-electron chi connectivity index (χ0n) is 12.1. The maximum absolute atomic E-state index is 6.58. The van der Waals surface area contributed by atoms with Gasteiger partial charge in [-0.15, -0.1) is 0 Å². The lowest BCUT2D eigenvalue weighted by molar-refractivity contribution is 0.119. The van der Waals surface area contributed by atoms with E-state index in [4.69, 9.17) is 11.6 Å². The van der Waals surface area contributed by atoms with E-state index in [9.17, 15) is 0 Å². The van der Waals surface area contributed by atoms with Gasteiger partial charge in [-0.1, -0.05) is 54.9 Å². The van der Waals surface area contributed by atoms with E-state index >= 15 is 0 Å². The van der Waals surface area contributed by atoms with Crippen molar-refractivity contribution in [2.24, 2.45) is 0 Å². The van der Waals surface area contributed by atoms with Crippen LogP contribution >= 0.6 is 11.6 Å². The first kappa shape index (κ1) is 12.4. The van der Waals surface area contributed by atoms with Crippen LogP contribution in [-0.2, 0) is 11.1 Å². The predicted molar refractivity (Wildman–Crippen MR) is 83.2 cm³/mol. The molecule has 2 heteroatoms. The highest BCUT2D eigenvalue weighted by molar-refractivity contribution is 6.31. The van der Waals surface area contributed by atoms with Crippen LogP contribution < -0.4 is 0 Å². The summed E-state index contributed by atoms with van der Waals surface area (Å²) in [6.07, 6.45) is 1.06. The highest BCUT2D eigenvalue weighted by Gasteiger charge is 2.62. The quantitative estimate of drug-likeness (QED) is 0.744. The first-order valence-corrected chi connectivity index (χ1v) is 7.59. The van der Waals surface area contributed by atoms with Crippen LogP contribution in [0.25, 0.3) is 0 Å². The van der Waals surface area contributed by atoms with Crippen molar-refractivity contribution in [2.75, 3.05) is 7.05 Å². The number of fused-ring (bicyclic) bond motifs is 8. The standard InChI is InChI=1S/C18H18ClN/c1-4-18-13-9-6-5-8-12(13)17(2,20(18)3)16-14(18)10-7-11-15(16)19/h5-11H,4H2,1-3H3. The first-order chi connectivity index (χ1) is 9.58. The van der Waals surface area contributed by atoms with E-state index in [1.807, 2.05) is 6.07 Å². The summed E-state index contributed by atoms with van der Waals surface area (Å²) in [4.78, 5) is 2.52. The molecule has 2 aliphatic heterocycles. The Balaban J connectivity index is 2.19. The van der Waals surface area contributed by atoms with E-state index in [0.717, 1.165) is 11.4 Å². The minimum atomic E-state index is -0.111. The number of nitrogens with zero attached hydrogens (tertiary/aromatic N) is 1. The van der Waals surface area contributed by atoms with Gasteiger partial charge in [0.1, 0.15) is 0 Å². The molecule has 20 heavy (non-hydrogen) atoms. The van der Waals surface area contributed by atoms with E-state index in [2.05, 4.69) is 62.2 Å². The smallest absolute Gasteiger partial charge is 0.0727 e. The third kappa shape index (κ3) is 1.05. The van der Waals surface area contributed by atoms with E-state index < -0.39 is 0 Å². The molecule has 0 aliphatic carbocycles. The molecule has 4 rings (SSSR count). The fourth-order valence-electron chi connectivity index (χ4n) is 4.62. The molecule has 2 aromatic rings. The zero-order chi connectivity index (χ0) is 14.1. The van der Waals surface area contributed by atoms with Gasteiger partial charge < -0.3 is 0 Å². The molecule has 2 atom stereocenters. The Bertz CT molecular complexity index is 723. The molecule has 0 fully saturated rings. The van der Waals surface area contributed by atoms with Gasteiger partial charge >= 0.3 is 0 Å². The summed E-state index contributed by atoms with van der Waals surface area (Å²) < 4.78 is 0. The molecule has 0 saturated heterocycles. The Morgan fingerprint density at radius 2 is 1.65 bits per heavy atom. The van der Waals surface area contributed by atoms with Crippen molar-refractivity contribution in [3.8, 4) is 0 Å². The average Bonchev–Trinajstić information content (AvgIpc) is 2.79. The maximum Gasteiger partial charge on any atom is 0.0727 e. The predicted octanol–water partition coefficient (Wildman–Crippen LogP) is 4.52. The van der Waals surface area contributed by atoms with Gasteiger partial charge in [0.15, 0.2) is 0 Å². The van der Waals surface area contributed by atoms with Gasteiger partial charge in [0.25, 0.3) is 0 Å². The highest BCUT2D eigenvalue weighted by Crippen LogP contribution is 2.64. The van der Waals surface area contributed by atoms with Crippen LogP contribution in [-0.4, -0.2) is 11.9 Å². The summed E-state index contributed by atoms with van der Waals surface area (Å²) in [5.41, 5.74) is 5.40. The average molecular weight is 284 g/mol.